The Morgan fingerprint density at radius 2 is 1.91 bits per heavy atom. The lowest BCUT2D eigenvalue weighted by Gasteiger charge is -2.13. The molecule has 2 amide bonds. The summed E-state index contributed by atoms with van der Waals surface area (Å²) in [4.78, 5) is 27.3. The molecule has 1 aromatic rings. The number of imide groups is 1. The Bertz CT molecular complexity index is 712. The number of allylic oxidation sites excluding steroid dienone is 3. The van der Waals surface area contributed by atoms with E-state index in [4.69, 9.17) is 0 Å². The number of carbonyl (C=O) groups is 2. The fourth-order valence-electron chi connectivity index (χ4n) is 2.33. The molecule has 0 aromatic heterocycles. The Balaban J connectivity index is 2.20. The minimum absolute atomic E-state index is 0.235. The van der Waals surface area contributed by atoms with Gasteiger partial charge in [0.1, 0.15) is 0 Å². The zero-order valence-electron chi connectivity index (χ0n) is 14.0. The van der Waals surface area contributed by atoms with Crippen LogP contribution >= 0.6 is 0 Å². The SMILES string of the molecule is CC1=CCC(=CC=Cc2cccc(N(C)C)c2)C(=O)N(C)C1=O. The van der Waals surface area contributed by atoms with Crippen molar-refractivity contribution in [2.24, 2.45) is 0 Å². The van der Waals surface area contributed by atoms with Crippen molar-refractivity contribution in [1.29, 1.82) is 0 Å². The molecule has 0 spiro atoms. The molecule has 0 aliphatic carbocycles. The van der Waals surface area contributed by atoms with E-state index in [1.807, 2.05) is 49.3 Å². The third-order valence-corrected chi connectivity index (χ3v) is 3.82. The van der Waals surface area contributed by atoms with Gasteiger partial charge < -0.3 is 4.90 Å². The molecule has 1 aliphatic heterocycles. The molecule has 0 N–H and O–H groups in total. The maximum atomic E-state index is 12.2. The minimum atomic E-state index is -0.241. The van der Waals surface area contributed by atoms with Crippen LogP contribution in [0.15, 0.2) is 53.6 Å². The molecule has 120 valence electrons. The van der Waals surface area contributed by atoms with E-state index in [-0.39, 0.29) is 11.8 Å². The summed E-state index contributed by atoms with van der Waals surface area (Å²) in [6.07, 6.45) is 7.87. The molecule has 4 heteroatoms. The van der Waals surface area contributed by atoms with Crippen molar-refractivity contribution in [3.8, 4) is 0 Å². The van der Waals surface area contributed by atoms with E-state index in [1.165, 1.54) is 11.9 Å². The third kappa shape index (κ3) is 3.97. The fraction of sp³-hybridized carbons (Fsp3) is 0.263. The second-order valence-electron chi connectivity index (χ2n) is 5.80. The first-order valence-corrected chi connectivity index (χ1v) is 7.54. The van der Waals surface area contributed by atoms with Crippen molar-refractivity contribution in [3.05, 3.63) is 59.2 Å². The highest BCUT2D eigenvalue weighted by Crippen LogP contribution is 2.17. The molecule has 23 heavy (non-hydrogen) atoms. The Hall–Kier alpha value is -2.62. The number of nitrogens with zero attached hydrogens (tertiary/aromatic N) is 2. The highest BCUT2D eigenvalue weighted by molar-refractivity contribution is 6.10. The first-order chi connectivity index (χ1) is 10.9. The number of anilines is 1. The number of amides is 2. The van der Waals surface area contributed by atoms with Crippen LogP contribution < -0.4 is 4.90 Å². The van der Waals surface area contributed by atoms with Crippen molar-refractivity contribution in [3.63, 3.8) is 0 Å². The molecule has 0 saturated heterocycles. The highest BCUT2D eigenvalue weighted by Gasteiger charge is 2.23. The Morgan fingerprint density at radius 3 is 2.61 bits per heavy atom. The summed E-state index contributed by atoms with van der Waals surface area (Å²) < 4.78 is 0. The molecule has 1 aromatic carbocycles. The lowest BCUT2D eigenvalue weighted by atomic mass is 10.1. The van der Waals surface area contributed by atoms with Gasteiger partial charge in [-0.3, -0.25) is 14.5 Å². The largest absolute Gasteiger partial charge is 0.378 e. The van der Waals surface area contributed by atoms with Gasteiger partial charge in [-0.15, -0.1) is 0 Å². The van der Waals surface area contributed by atoms with Crippen LogP contribution in [0.25, 0.3) is 6.08 Å². The maximum absolute atomic E-state index is 12.2. The van der Waals surface area contributed by atoms with Gasteiger partial charge >= 0.3 is 0 Å². The molecule has 0 atom stereocenters. The summed E-state index contributed by atoms with van der Waals surface area (Å²) in [7, 11) is 5.51. The van der Waals surface area contributed by atoms with Crippen molar-refractivity contribution >= 4 is 23.6 Å². The first kappa shape index (κ1) is 16.7. The highest BCUT2D eigenvalue weighted by atomic mass is 16.2. The fourth-order valence-corrected chi connectivity index (χ4v) is 2.33. The number of hydrogen-bond acceptors (Lipinski definition) is 3. The van der Waals surface area contributed by atoms with Crippen LogP contribution in [-0.4, -0.2) is 37.9 Å². The third-order valence-electron chi connectivity index (χ3n) is 3.82. The van der Waals surface area contributed by atoms with Crippen molar-refractivity contribution < 1.29 is 9.59 Å². The topological polar surface area (TPSA) is 40.6 Å². The standard InChI is InChI=1S/C19H22N2O2/c1-14-11-12-16(19(23)21(4)18(14)22)9-5-7-15-8-6-10-17(13-15)20(2)3/h5-11,13H,12H2,1-4H3. The number of hydrogen-bond donors (Lipinski definition) is 0. The summed E-state index contributed by atoms with van der Waals surface area (Å²) in [5.74, 6) is -0.476. The zero-order chi connectivity index (χ0) is 17.0. The number of likely N-dealkylation sites (N-methyl/N-ethyl adjacent to an activating group) is 1. The quantitative estimate of drug-likeness (QED) is 0.636. The Morgan fingerprint density at radius 1 is 1.17 bits per heavy atom. The van der Waals surface area contributed by atoms with E-state index < -0.39 is 0 Å². The van der Waals surface area contributed by atoms with Gasteiger partial charge in [-0.25, -0.2) is 0 Å². The van der Waals surface area contributed by atoms with E-state index in [9.17, 15) is 9.59 Å². The molecule has 0 saturated carbocycles. The van der Waals surface area contributed by atoms with Crippen LogP contribution in [-0.2, 0) is 9.59 Å². The molecule has 0 fully saturated rings. The average molecular weight is 310 g/mol. The zero-order valence-corrected chi connectivity index (χ0v) is 14.0. The van der Waals surface area contributed by atoms with Gasteiger partial charge in [-0.05, 0) is 31.0 Å². The number of rotatable bonds is 3. The first-order valence-electron chi connectivity index (χ1n) is 7.54. The predicted molar refractivity (Wildman–Crippen MR) is 94.0 cm³/mol. The van der Waals surface area contributed by atoms with Crippen molar-refractivity contribution in [2.75, 3.05) is 26.0 Å². The lowest BCUT2D eigenvalue weighted by molar-refractivity contribution is -0.138. The van der Waals surface area contributed by atoms with Crippen LogP contribution in [0.4, 0.5) is 5.69 Å². The summed E-state index contributed by atoms with van der Waals surface area (Å²) in [5.41, 5.74) is 3.39. The Kier molecular flexibility index (Phi) is 5.16. The molecule has 2 rings (SSSR count). The second kappa shape index (κ2) is 7.09. The van der Waals surface area contributed by atoms with Crippen LogP contribution in [0.3, 0.4) is 0 Å². The number of carbonyl (C=O) groups excluding carboxylic acids is 2. The van der Waals surface area contributed by atoms with E-state index in [0.717, 1.165) is 11.3 Å². The smallest absolute Gasteiger partial charge is 0.256 e. The number of benzene rings is 1. The maximum Gasteiger partial charge on any atom is 0.256 e. The minimum Gasteiger partial charge on any atom is -0.378 e. The van der Waals surface area contributed by atoms with Crippen molar-refractivity contribution in [1.82, 2.24) is 4.90 Å². The van der Waals surface area contributed by atoms with Crippen LogP contribution in [0, 0.1) is 0 Å². The van der Waals surface area contributed by atoms with Gasteiger partial charge in [-0.2, -0.15) is 0 Å². The molecule has 0 unspecified atom stereocenters. The van der Waals surface area contributed by atoms with Crippen LogP contribution in [0.2, 0.25) is 0 Å². The molecule has 0 bridgehead atoms. The molecule has 1 heterocycles. The molecular formula is C19H22N2O2. The van der Waals surface area contributed by atoms with Gasteiger partial charge in [0, 0.05) is 38.0 Å². The normalized spacial score (nSPS) is 17.7. The van der Waals surface area contributed by atoms with E-state index in [0.29, 0.717) is 17.6 Å². The molecule has 0 radical (unpaired) electrons. The van der Waals surface area contributed by atoms with E-state index in [2.05, 4.69) is 6.07 Å². The van der Waals surface area contributed by atoms with Crippen molar-refractivity contribution in [2.45, 2.75) is 13.3 Å². The van der Waals surface area contributed by atoms with E-state index >= 15 is 0 Å². The summed E-state index contributed by atoms with van der Waals surface area (Å²) in [6.45, 7) is 1.73. The van der Waals surface area contributed by atoms with Gasteiger partial charge in [0.15, 0.2) is 0 Å². The van der Waals surface area contributed by atoms with Crippen LogP contribution in [0.5, 0.6) is 0 Å². The molecule has 1 aliphatic rings. The van der Waals surface area contributed by atoms with Gasteiger partial charge in [0.2, 0.25) is 0 Å². The molecule has 4 nitrogen and oxygen atoms in total. The van der Waals surface area contributed by atoms with E-state index in [1.54, 1.807) is 19.1 Å². The van der Waals surface area contributed by atoms with Gasteiger partial charge in [-0.1, -0.05) is 36.4 Å². The van der Waals surface area contributed by atoms with Crippen LogP contribution in [0.1, 0.15) is 18.9 Å². The average Bonchev–Trinajstić information content (AvgIpc) is 2.63. The summed E-state index contributed by atoms with van der Waals surface area (Å²) in [6, 6.07) is 8.12. The monoisotopic (exact) mass is 310 g/mol. The molecular weight excluding hydrogens is 288 g/mol. The summed E-state index contributed by atoms with van der Waals surface area (Å²) in [5, 5.41) is 0. The van der Waals surface area contributed by atoms with Gasteiger partial charge in [0.25, 0.3) is 11.8 Å². The summed E-state index contributed by atoms with van der Waals surface area (Å²) >= 11 is 0. The Labute approximate surface area is 137 Å². The predicted octanol–water partition coefficient (Wildman–Crippen LogP) is 3.03. The lowest BCUT2D eigenvalue weighted by Crippen LogP contribution is -2.33. The second-order valence-corrected chi connectivity index (χ2v) is 5.80. The van der Waals surface area contributed by atoms with Gasteiger partial charge in [0.05, 0.1) is 0 Å².